The highest BCUT2D eigenvalue weighted by molar-refractivity contribution is 7.07. The number of fused-ring (bicyclic) bond motifs is 1. The van der Waals surface area contributed by atoms with Crippen LogP contribution < -0.4 is 19.6 Å². The third-order valence-corrected chi connectivity index (χ3v) is 7.98. The van der Waals surface area contributed by atoms with Gasteiger partial charge in [0.2, 0.25) is 0 Å². The number of hydrogen-bond acceptors (Lipinski definition) is 9. The van der Waals surface area contributed by atoms with E-state index < -0.39 is 16.9 Å². The van der Waals surface area contributed by atoms with Crippen molar-refractivity contribution >= 4 is 29.1 Å². The maximum atomic E-state index is 13.9. The molecule has 2 aromatic heterocycles. The molecule has 3 heterocycles. The highest BCUT2D eigenvalue weighted by Gasteiger charge is 2.33. The number of nitro groups is 1. The highest BCUT2D eigenvalue weighted by Crippen LogP contribution is 2.35. The molecule has 0 saturated heterocycles. The zero-order valence-electron chi connectivity index (χ0n) is 23.7. The fraction of sp³-hybridized carbons (Fsp3) is 0.258. The smallest absolute Gasteiger partial charge is 0.338 e. The number of hydrogen-bond donors (Lipinski definition) is 0. The maximum Gasteiger partial charge on any atom is 0.338 e. The van der Waals surface area contributed by atoms with Crippen molar-refractivity contribution in [1.82, 2.24) is 4.57 Å². The van der Waals surface area contributed by atoms with Crippen molar-refractivity contribution in [3.05, 3.63) is 113 Å². The minimum Gasteiger partial charge on any atom is -0.496 e. The van der Waals surface area contributed by atoms with E-state index in [1.165, 1.54) is 35.1 Å². The van der Waals surface area contributed by atoms with Crippen LogP contribution in [0.4, 0.5) is 5.69 Å². The molecule has 0 fully saturated rings. The predicted molar refractivity (Wildman–Crippen MR) is 158 cm³/mol. The minimum atomic E-state index is -0.708. The van der Waals surface area contributed by atoms with Crippen molar-refractivity contribution in [2.75, 3.05) is 13.7 Å². The average Bonchev–Trinajstić information content (AvgIpc) is 3.56. The lowest BCUT2D eigenvalue weighted by atomic mass is 9.93. The van der Waals surface area contributed by atoms with E-state index in [2.05, 4.69) is 18.8 Å². The Bertz CT molecular complexity index is 1900. The minimum absolute atomic E-state index is 0.102. The second kappa shape index (κ2) is 11.6. The lowest BCUT2D eigenvalue weighted by molar-refractivity contribution is -0.384. The normalized spacial score (nSPS) is 15.0. The molecule has 10 nitrogen and oxygen atoms in total. The van der Waals surface area contributed by atoms with E-state index in [-0.39, 0.29) is 23.6 Å². The van der Waals surface area contributed by atoms with E-state index in [1.807, 2.05) is 24.3 Å². The van der Waals surface area contributed by atoms with Crippen LogP contribution in [0.5, 0.6) is 5.75 Å². The molecule has 0 spiro atoms. The van der Waals surface area contributed by atoms with Gasteiger partial charge in [-0.2, -0.15) is 0 Å². The van der Waals surface area contributed by atoms with E-state index in [4.69, 9.17) is 13.9 Å². The highest BCUT2D eigenvalue weighted by atomic mass is 32.1. The van der Waals surface area contributed by atoms with Gasteiger partial charge in [0.25, 0.3) is 11.2 Å². The standard InChI is InChI=1S/C31H29N3O7S/c1-6-40-30(36)27-18(4)32-31-33(28(27)20-9-7-19(8-10-20)17(2)3)29(35)26(42-31)16-22-12-14-24(41-22)23-13-11-21(34(37)38)15-25(23)39-5/h7-17,28H,6H2,1-5H3. The summed E-state index contributed by atoms with van der Waals surface area (Å²) in [5.41, 5.74) is 2.83. The van der Waals surface area contributed by atoms with Crippen LogP contribution in [0.15, 0.2) is 80.1 Å². The van der Waals surface area contributed by atoms with Crippen molar-refractivity contribution in [3.63, 3.8) is 0 Å². The quantitative estimate of drug-likeness (QED) is 0.160. The zero-order chi connectivity index (χ0) is 30.1. The molecule has 0 N–H and O–H groups in total. The number of non-ortho nitro benzene ring substituents is 1. The molecule has 2 aromatic carbocycles. The summed E-state index contributed by atoms with van der Waals surface area (Å²) >= 11 is 1.19. The van der Waals surface area contributed by atoms with Crippen LogP contribution in [0, 0.1) is 10.1 Å². The number of rotatable bonds is 8. The summed E-state index contributed by atoms with van der Waals surface area (Å²) < 4.78 is 18.6. The van der Waals surface area contributed by atoms with Crippen molar-refractivity contribution in [1.29, 1.82) is 0 Å². The first kappa shape index (κ1) is 28.7. The van der Waals surface area contributed by atoms with Crippen LogP contribution in [0.25, 0.3) is 17.4 Å². The van der Waals surface area contributed by atoms with Crippen molar-refractivity contribution in [2.45, 2.75) is 39.7 Å². The van der Waals surface area contributed by atoms with Crippen LogP contribution in [-0.2, 0) is 9.53 Å². The first-order chi connectivity index (χ1) is 20.1. The molecule has 0 radical (unpaired) electrons. The number of furan rings is 1. The molecule has 0 aliphatic carbocycles. The van der Waals surface area contributed by atoms with Gasteiger partial charge >= 0.3 is 5.97 Å². The van der Waals surface area contributed by atoms with Gasteiger partial charge in [0.05, 0.1) is 52.1 Å². The Kier molecular flexibility index (Phi) is 7.95. The van der Waals surface area contributed by atoms with Crippen molar-refractivity contribution in [2.24, 2.45) is 4.99 Å². The molecule has 1 aliphatic rings. The van der Waals surface area contributed by atoms with Crippen LogP contribution >= 0.6 is 11.3 Å². The molecular formula is C31H29N3O7S. The molecule has 0 bridgehead atoms. The Morgan fingerprint density at radius 1 is 1.19 bits per heavy atom. The summed E-state index contributed by atoms with van der Waals surface area (Å²) in [4.78, 5) is 42.7. The summed E-state index contributed by atoms with van der Waals surface area (Å²) in [6.45, 7) is 7.88. The van der Waals surface area contributed by atoms with Crippen LogP contribution in [0.3, 0.4) is 0 Å². The number of ether oxygens (including phenoxy) is 2. The van der Waals surface area contributed by atoms with E-state index in [1.54, 1.807) is 38.1 Å². The monoisotopic (exact) mass is 587 g/mol. The number of allylic oxidation sites excluding steroid dienone is 1. The molecule has 216 valence electrons. The van der Waals surface area contributed by atoms with Gasteiger partial charge in [0, 0.05) is 12.1 Å². The third-order valence-electron chi connectivity index (χ3n) is 7.00. The predicted octanol–water partition coefficient (Wildman–Crippen LogP) is 5.10. The Labute approximate surface area is 245 Å². The number of methoxy groups -OCH3 is 1. The number of nitrogens with zero attached hydrogens (tertiary/aromatic N) is 3. The van der Waals surface area contributed by atoms with E-state index in [9.17, 15) is 19.7 Å². The number of esters is 1. The van der Waals surface area contributed by atoms with Gasteiger partial charge in [0.15, 0.2) is 4.80 Å². The maximum absolute atomic E-state index is 13.9. The molecule has 1 atom stereocenters. The van der Waals surface area contributed by atoms with E-state index in [0.29, 0.717) is 43.6 Å². The van der Waals surface area contributed by atoms with Gasteiger partial charge in [0.1, 0.15) is 17.3 Å². The lowest BCUT2D eigenvalue weighted by Gasteiger charge is -2.25. The van der Waals surface area contributed by atoms with Crippen molar-refractivity contribution < 1.29 is 23.6 Å². The van der Waals surface area contributed by atoms with Gasteiger partial charge in [-0.3, -0.25) is 19.5 Å². The van der Waals surface area contributed by atoms with Gasteiger partial charge in [-0.05, 0) is 49.1 Å². The average molecular weight is 588 g/mol. The molecule has 11 heteroatoms. The van der Waals surface area contributed by atoms with Gasteiger partial charge < -0.3 is 13.9 Å². The number of thiazole rings is 1. The fourth-order valence-corrected chi connectivity index (χ4v) is 5.90. The molecular weight excluding hydrogens is 558 g/mol. The second-order valence-corrected chi connectivity index (χ2v) is 11.0. The Morgan fingerprint density at radius 2 is 1.93 bits per heavy atom. The number of benzene rings is 2. The first-order valence-electron chi connectivity index (χ1n) is 13.3. The topological polar surface area (TPSA) is 126 Å². The Hall–Kier alpha value is -4.77. The van der Waals surface area contributed by atoms with Crippen LogP contribution in [-0.4, -0.2) is 29.2 Å². The molecule has 0 amide bonds. The lowest BCUT2D eigenvalue weighted by Crippen LogP contribution is -2.39. The van der Waals surface area contributed by atoms with Crippen molar-refractivity contribution in [3.8, 4) is 17.1 Å². The number of carbonyl (C=O) groups is 1. The first-order valence-corrected chi connectivity index (χ1v) is 14.2. The molecule has 1 aliphatic heterocycles. The van der Waals surface area contributed by atoms with Crippen LogP contribution in [0.2, 0.25) is 0 Å². The molecule has 5 rings (SSSR count). The molecule has 42 heavy (non-hydrogen) atoms. The largest absolute Gasteiger partial charge is 0.496 e. The van der Waals surface area contributed by atoms with E-state index >= 15 is 0 Å². The molecule has 1 unspecified atom stereocenters. The van der Waals surface area contributed by atoms with E-state index in [0.717, 1.165) is 11.1 Å². The Morgan fingerprint density at radius 3 is 2.57 bits per heavy atom. The van der Waals surface area contributed by atoms with Gasteiger partial charge in [-0.25, -0.2) is 9.79 Å². The summed E-state index contributed by atoms with van der Waals surface area (Å²) in [5, 5.41) is 11.2. The van der Waals surface area contributed by atoms with Gasteiger partial charge in [-0.15, -0.1) is 0 Å². The van der Waals surface area contributed by atoms with Crippen LogP contribution in [0.1, 0.15) is 56.5 Å². The SMILES string of the molecule is CCOC(=O)C1=C(C)N=c2sc(=Cc3ccc(-c4ccc([N+](=O)[O-])cc4OC)o3)c(=O)n2C1c1ccc(C(C)C)cc1. The fourth-order valence-electron chi connectivity index (χ4n) is 4.87. The second-order valence-electron chi connectivity index (χ2n) is 9.97. The summed E-state index contributed by atoms with van der Waals surface area (Å²) in [7, 11) is 1.42. The molecule has 4 aromatic rings. The third kappa shape index (κ3) is 5.30. The summed E-state index contributed by atoms with van der Waals surface area (Å²) in [5.74, 6) is 0.916. The zero-order valence-corrected chi connectivity index (χ0v) is 24.6. The number of carbonyl (C=O) groups excluding carboxylic acids is 1. The molecule has 0 saturated carbocycles. The summed E-state index contributed by atoms with van der Waals surface area (Å²) in [6, 6.07) is 14.8. The number of aromatic nitrogens is 1. The summed E-state index contributed by atoms with van der Waals surface area (Å²) in [6.07, 6.45) is 1.62. The number of nitro benzene ring substituents is 1. The Balaban J connectivity index is 1.61. The van der Waals surface area contributed by atoms with Gasteiger partial charge in [-0.1, -0.05) is 49.4 Å².